The van der Waals surface area contributed by atoms with E-state index < -0.39 is 10.0 Å². The van der Waals surface area contributed by atoms with Crippen molar-refractivity contribution >= 4 is 27.3 Å². The van der Waals surface area contributed by atoms with Gasteiger partial charge in [-0.3, -0.25) is 0 Å². The minimum atomic E-state index is -3.41. The summed E-state index contributed by atoms with van der Waals surface area (Å²) in [6.45, 7) is 4.61. The number of benzene rings is 2. The molecule has 0 amide bonds. The Morgan fingerprint density at radius 1 is 1.00 bits per heavy atom. The molecule has 1 aliphatic rings. The fourth-order valence-corrected chi connectivity index (χ4v) is 4.62. The molecule has 0 spiro atoms. The maximum Gasteiger partial charge on any atom is 0.215 e. The second kappa shape index (κ2) is 9.06. The van der Waals surface area contributed by atoms with Gasteiger partial charge in [-0.15, -0.1) is 0 Å². The van der Waals surface area contributed by atoms with Gasteiger partial charge in [0.15, 0.2) is 0 Å². The van der Waals surface area contributed by atoms with Crippen LogP contribution in [-0.2, 0) is 22.2 Å². The molecule has 0 aromatic heterocycles. The molecule has 146 valence electrons. The molecule has 1 aliphatic heterocycles. The van der Waals surface area contributed by atoms with Gasteiger partial charge in [0.2, 0.25) is 10.0 Å². The molecule has 1 heterocycles. The van der Waals surface area contributed by atoms with Crippen molar-refractivity contribution < 1.29 is 8.42 Å². The van der Waals surface area contributed by atoms with Crippen LogP contribution in [0.5, 0.6) is 0 Å². The molecule has 2 aromatic carbocycles. The first kappa shape index (κ1) is 20.1. The van der Waals surface area contributed by atoms with Crippen molar-refractivity contribution in [2.45, 2.75) is 12.2 Å². The van der Waals surface area contributed by atoms with Crippen LogP contribution in [0, 0.1) is 0 Å². The standard InChI is InChI=1S/C20H26ClN3O2S/c1-23-12-14-24(15-13-23)19-8-6-17(7-9-19)10-11-22-27(25,26)16-18-4-2-3-5-20(18)21/h2-9,22H,10-16H2,1H3. The van der Waals surface area contributed by atoms with Crippen LogP contribution in [-0.4, -0.2) is 53.1 Å². The lowest BCUT2D eigenvalue weighted by molar-refractivity contribution is 0.313. The minimum Gasteiger partial charge on any atom is -0.369 e. The zero-order valence-corrected chi connectivity index (χ0v) is 17.1. The van der Waals surface area contributed by atoms with Gasteiger partial charge in [0, 0.05) is 43.4 Å². The molecular formula is C20H26ClN3O2S. The van der Waals surface area contributed by atoms with Gasteiger partial charge in [0.05, 0.1) is 5.75 Å². The summed E-state index contributed by atoms with van der Waals surface area (Å²) < 4.78 is 27.2. The van der Waals surface area contributed by atoms with E-state index in [9.17, 15) is 8.42 Å². The highest BCUT2D eigenvalue weighted by molar-refractivity contribution is 7.88. The quantitative estimate of drug-likeness (QED) is 0.766. The third-order valence-electron chi connectivity index (χ3n) is 4.84. The highest BCUT2D eigenvalue weighted by Crippen LogP contribution is 2.18. The van der Waals surface area contributed by atoms with E-state index in [2.05, 4.69) is 45.8 Å². The Morgan fingerprint density at radius 3 is 2.33 bits per heavy atom. The fourth-order valence-electron chi connectivity index (χ4n) is 3.16. The van der Waals surface area contributed by atoms with E-state index in [0.717, 1.165) is 31.7 Å². The molecule has 1 saturated heterocycles. The Hall–Kier alpha value is -1.60. The monoisotopic (exact) mass is 407 g/mol. The summed E-state index contributed by atoms with van der Waals surface area (Å²) >= 11 is 6.05. The molecule has 1 fully saturated rings. The second-order valence-corrected chi connectivity index (χ2v) is 9.17. The van der Waals surface area contributed by atoms with Gasteiger partial charge in [0.25, 0.3) is 0 Å². The van der Waals surface area contributed by atoms with Crippen LogP contribution >= 0.6 is 11.6 Å². The first-order valence-electron chi connectivity index (χ1n) is 9.16. The SMILES string of the molecule is CN1CCN(c2ccc(CCNS(=O)(=O)Cc3ccccc3Cl)cc2)CC1. The number of sulfonamides is 1. The molecule has 1 N–H and O–H groups in total. The fraction of sp³-hybridized carbons (Fsp3) is 0.400. The van der Waals surface area contributed by atoms with E-state index in [4.69, 9.17) is 11.6 Å². The summed E-state index contributed by atoms with van der Waals surface area (Å²) in [7, 11) is -1.26. The number of halogens is 1. The van der Waals surface area contributed by atoms with Gasteiger partial charge >= 0.3 is 0 Å². The number of nitrogens with zero attached hydrogens (tertiary/aromatic N) is 2. The number of anilines is 1. The Bertz CT molecular complexity index is 848. The lowest BCUT2D eigenvalue weighted by Crippen LogP contribution is -2.44. The van der Waals surface area contributed by atoms with Gasteiger partial charge < -0.3 is 9.80 Å². The highest BCUT2D eigenvalue weighted by Gasteiger charge is 2.15. The maximum atomic E-state index is 12.2. The lowest BCUT2D eigenvalue weighted by atomic mass is 10.1. The average molecular weight is 408 g/mol. The number of nitrogens with one attached hydrogen (secondary N) is 1. The van der Waals surface area contributed by atoms with Crippen LogP contribution in [0.25, 0.3) is 0 Å². The zero-order valence-electron chi connectivity index (χ0n) is 15.6. The van der Waals surface area contributed by atoms with E-state index in [1.54, 1.807) is 24.3 Å². The normalized spacial score (nSPS) is 15.9. The van der Waals surface area contributed by atoms with Gasteiger partial charge in [-0.2, -0.15) is 0 Å². The number of piperazine rings is 1. The Balaban J connectivity index is 1.49. The maximum absolute atomic E-state index is 12.2. The van der Waals surface area contributed by atoms with Crippen molar-refractivity contribution in [3.63, 3.8) is 0 Å². The summed E-state index contributed by atoms with van der Waals surface area (Å²) in [5.74, 6) is -0.102. The molecule has 5 nitrogen and oxygen atoms in total. The first-order chi connectivity index (χ1) is 12.9. The molecule has 0 unspecified atom stereocenters. The van der Waals surface area contributed by atoms with Crippen molar-refractivity contribution in [2.24, 2.45) is 0 Å². The van der Waals surface area contributed by atoms with Crippen LogP contribution in [0.15, 0.2) is 48.5 Å². The molecule has 27 heavy (non-hydrogen) atoms. The van der Waals surface area contributed by atoms with E-state index >= 15 is 0 Å². The van der Waals surface area contributed by atoms with Gasteiger partial charge in [0.1, 0.15) is 0 Å². The summed E-state index contributed by atoms with van der Waals surface area (Å²) in [6, 6.07) is 15.4. The highest BCUT2D eigenvalue weighted by atomic mass is 35.5. The number of hydrogen-bond acceptors (Lipinski definition) is 4. The molecule has 7 heteroatoms. The molecule has 3 rings (SSSR count). The molecule has 0 aliphatic carbocycles. The predicted molar refractivity (Wildman–Crippen MR) is 112 cm³/mol. The molecule has 0 saturated carbocycles. The average Bonchev–Trinajstić information content (AvgIpc) is 2.65. The van der Waals surface area contributed by atoms with Crippen LogP contribution in [0.4, 0.5) is 5.69 Å². The smallest absolute Gasteiger partial charge is 0.215 e. The van der Waals surface area contributed by atoms with Crippen molar-refractivity contribution in [2.75, 3.05) is 44.7 Å². The second-order valence-electron chi connectivity index (χ2n) is 6.95. The summed E-state index contributed by atoms with van der Waals surface area (Å²) in [5, 5.41) is 0.474. The van der Waals surface area contributed by atoms with Crippen LogP contribution in [0.3, 0.4) is 0 Å². The van der Waals surface area contributed by atoms with Crippen molar-refractivity contribution in [1.29, 1.82) is 0 Å². The van der Waals surface area contributed by atoms with E-state index in [1.807, 2.05) is 0 Å². The van der Waals surface area contributed by atoms with Crippen LogP contribution in [0.1, 0.15) is 11.1 Å². The summed E-state index contributed by atoms with van der Waals surface area (Å²) in [4.78, 5) is 4.72. The Labute approximate surface area is 167 Å². The van der Waals surface area contributed by atoms with Crippen LogP contribution in [0.2, 0.25) is 5.02 Å². The van der Waals surface area contributed by atoms with Crippen molar-refractivity contribution in [1.82, 2.24) is 9.62 Å². The minimum absolute atomic E-state index is 0.102. The first-order valence-corrected chi connectivity index (χ1v) is 11.2. The Morgan fingerprint density at radius 2 is 1.67 bits per heavy atom. The summed E-state index contributed by atoms with van der Waals surface area (Å²) in [6.07, 6.45) is 0.658. The third-order valence-corrected chi connectivity index (χ3v) is 6.55. The lowest BCUT2D eigenvalue weighted by Gasteiger charge is -2.34. The largest absolute Gasteiger partial charge is 0.369 e. The van der Waals surface area contributed by atoms with Gasteiger partial charge in [-0.25, -0.2) is 13.1 Å². The molecule has 0 bridgehead atoms. The Kier molecular flexibility index (Phi) is 6.76. The number of hydrogen-bond donors (Lipinski definition) is 1. The van der Waals surface area contributed by atoms with Crippen molar-refractivity contribution in [3.05, 3.63) is 64.7 Å². The van der Waals surface area contributed by atoms with Gasteiger partial charge in [-0.05, 0) is 42.8 Å². The molecule has 0 radical (unpaired) electrons. The van der Waals surface area contributed by atoms with E-state index in [-0.39, 0.29) is 5.75 Å². The third kappa shape index (κ3) is 5.94. The van der Waals surface area contributed by atoms with Gasteiger partial charge in [-0.1, -0.05) is 41.9 Å². The predicted octanol–water partition coefficient (Wildman–Crippen LogP) is 2.75. The number of likely N-dealkylation sites (N-methyl/N-ethyl adjacent to an activating group) is 1. The van der Waals surface area contributed by atoms with Crippen molar-refractivity contribution in [3.8, 4) is 0 Å². The molecule has 0 atom stereocenters. The molecule has 2 aromatic rings. The summed E-state index contributed by atoms with van der Waals surface area (Å²) in [5.41, 5.74) is 2.96. The van der Waals surface area contributed by atoms with E-state index in [0.29, 0.717) is 23.6 Å². The van der Waals surface area contributed by atoms with Crippen LogP contribution < -0.4 is 9.62 Å². The number of rotatable bonds is 7. The van der Waals surface area contributed by atoms with E-state index in [1.165, 1.54) is 5.69 Å². The zero-order chi connectivity index (χ0) is 19.3. The molecular weight excluding hydrogens is 382 g/mol. The topological polar surface area (TPSA) is 52.6 Å².